The summed E-state index contributed by atoms with van der Waals surface area (Å²) in [6.45, 7) is 7.89. The summed E-state index contributed by atoms with van der Waals surface area (Å²) in [6.07, 6.45) is 0.653. The number of aromatic nitrogens is 2. The van der Waals surface area contributed by atoms with E-state index in [1.165, 1.54) is 14.4 Å². The van der Waals surface area contributed by atoms with Crippen LogP contribution in [0.25, 0.3) is 0 Å². The molecule has 35 heavy (non-hydrogen) atoms. The highest BCUT2D eigenvalue weighted by atomic mass is 16.5. The number of methoxy groups -OCH3 is 1. The fraction of sp³-hybridized carbons (Fsp3) is 0.520. The summed E-state index contributed by atoms with van der Waals surface area (Å²) < 4.78 is 6.60. The molecule has 0 aliphatic heterocycles. The zero-order valence-corrected chi connectivity index (χ0v) is 21.5. The number of aryl methyl sites for hydroxylation is 1. The molecule has 0 saturated carbocycles. The highest BCUT2D eigenvalue weighted by Gasteiger charge is 2.27. The van der Waals surface area contributed by atoms with Crippen LogP contribution in [0.1, 0.15) is 39.7 Å². The Morgan fingerprint density at radius 2 is 1.74 bits per heavy atom. The van der Waals surface area contributed by atoms with Crippen molar-refractivity contribution in [3.63, 3.8) is 0 Å². The zero-order valence-electron chi connectivity index (χ0n) is 21.5. The number of benzene rings is 1. The minimum absolute atomic E-state index is 0.00906. The molecule has 2 aromatic rings. The molecule has 0 atom stereocenters. The van der Waals surface area contributed by atoms with E-state index in [1.54, 1.807) is 14.2 Å². The number of nitrogens with one attached hydrogen (secondary N) is 1. The number of amides is 2. The first-order chi connectivity index (χ1) is 16.5. The minimum atomic E-state index is -0.730. The number of nitrogens with two attached hydrogens (primary N) is 1. The molecule has 10 heteroatoms. The number of hydrogen-bond donors (Lipinski definition) is 2. The van der Waals surface area contributed by atoms with Gasteiger partial charge in [-0.2, -0.15) is 0 Å². The molecule has 192 valence electrons. The average molecular weight is 488 g/mol. The normalized spacial score (nSPS) is 11.1. The molecule has 2 amide bonds. The van der Waals surface area contributed by atoms with E-state index in [0.29, 0.717) is 18.7 Å². The van der Waals surface area contributed by atoms with Gasteiger partial charge in [-0.15, -0.1) is 0 Å². The predicted molar refractivity (Wildman–Crippen MR) is 137 cm³/mol. The van der Waals surface area contributed by atoms with Crippen LogP contribution < -0.4 is 26.6 Å². The van der Waals surface area contributed by atoms with Gasteiger partial charge in [-0.1, -0.05) is 45.9 Å². The molecule has 0 bridgehead atoms. The van der Waals surface area contributed by atoms with E-state index in [9.17, 15) is 19.2 Å². The lowest BCUT2D eigenvalue weighted by Gasteiger charge is -2.28. The molecule has 1 heterocycles. The second kappa shape index (κ2) is 12.2. The van der Waals surface area contributed by atoms with Crippen LogP contribution in [0, 0.1) is 11.8 Å². The Morgan fingerprint density at radius 1 is 1.09 bits per heavy atom. The number of rotatable bonds is 11. The number of para-hydroxylation sites is 1. The van der Waals surface area contributed by atoms with Crippen LogP contribution in [-0.4, -0.2) is 53.5 Å². The van der Waals surface area contributed by atoms with E-state index in [4.69, 9.17) is 10.5 Å². The fourth-order valence-electron chi connectivity index (χ4n) is 3.79. The van der Waals surface area contributed by atoms with Crippen LogP contribution in [0.15, 0.2) is 33.9 Å². The first kappa shape index (κ1) is 27.7. The summed E-state index contributed by atoms with van der Waals surface area (Å²) in [5, 5.41) is 0. The van der Waals surface area contributed by atoms with Crippen molar-refractivity contribution in [3.8, 4) is 5.75 Å². The molecule has 2 rings (SSSR count). The highest BCUT2D eigenvalue weighted by Crippen LogP contribution is 2.21. The van der Waals surface area contributed by atoms with Gasteiger partial charge in [0.2, 0.25) is 11.8 Å². The molecular formula is C25H37N5O5. The molecule has 1 aromatic carbocycles. The van der Waals surface area contributed by atoms with Gasteiger partial charge >= 0.3 is 5.69 Å². The SMILES string of the molecule is COc1ccccc1CCC(=O)N(C)CC(=O)N(CC(C)C)c1c(N)n(CC(C)C)c(=O)[nH]c1=O. The van der Waals surface area contributed by atoms with E-state index < -0.39 is 17.2 Å². The van der Waals surface area contributed by atoms with Gasteiger partial charge in [0.1, 0.15) is 11.6 Å². The maximum Gasteiger partial charge on any atom is 0.330 e. The number of ether oxygens (including phenoxy) is 1. The second-order valence-electron chi connectivity index (χ2n) is 9.46. The summed E-state index contributed by atoms with van der Waals surface area (Å²) in [7, 11) is 3.12. The Labute approximate surface area is 205 Å². The molecular weight excluding hydrogens is 450 g/mol. The van der Waals surface area contributed by atoms with Crippen LogP contribution in [0.2, 0.25) is 0 Å². The van der Waals surface area contributed by atoms with Crippen LogP contribution >= 0.6 is 0 Å². The third-order valence-electron chi connectivity index (χ3n) is 5.48. The number of carbonyl (C=O) groups is 2. The molecule has 1 aromatic heterocycles. The third-order valence-corrected chi connectivity index (χ3v) is 5.48. The number of carbonyl (C=O) groups excluding carboxylic acids is 2. The first-order valence-corrected chi connectivity index (χ1v) is 11.7. The number of aromatic amines is 1. The van der Waals surface area contributed by atoms with Crippen molar-refractivity contribution >= 4 is 23.3 Å². The maximum absolute atomic E-state index is 13.3. The van der Waals surface area contributed by atoms with Crippen molar-refractivity contribution in [1.82, 2.24) is 14.5 Å². The van der Waals surface area contributed by atoms with E-state index in [2.05, 4.69) is 4.98 Å². The average Bonchev–Trinajstić information content (AvgIpc) is 2.79. The smallest absolute Gasteiger partial charge is 0.330 e. The van der Waals surface area contributed by atoms with Crippen LogP contribution in [-0.2, 0) is 22.6 Å². The molecule has 0 fully saturated rings. The molecule has 10 nitrogen and oxygen atoms in total. The van der Waals surface area contributed by atoms with Crippen molar-refractivity contribution in [2.24, 2.45) is 11.8 Å². The summed E-state index contributed by atoms with van der Waals surface area (Å²) in [6, 6.07) is 7.45. The standard InChI is InChI=1S/C25H37N5O5/c1-16(2)13-29(22-23(26)30(14-17(3)4)25(34)27-24(22)33)21(32)15-28(5)20(31)12-11-18-9-7-8-10-19(18)35-6/h7-10,16-17H,11-15,26H2,1-6H3,(H,27,33,34). The topological polar surface area (TPSA) is 131 Å². The van der Waals surface area contributed by atoms with Gasteiger partial charge in [0.05, 0.1) is 13.7 Å². The van der Waals surface area contributed by atoms with Crippen LogP contribution in [0.5, 0.6) is 5.75 Å². The van der Waals surface area contributed by atoms with E-state index in [1.807, 2.05) is 52.0 Å². The first-order valence-electron chi connectivity index (χ1n) is 11.7. The van der Waals surface area contributed by atoms with Crippen molar-refractivity contribution < 1.29 is 14.3 Å². The van der Waals surface area contributed by atoms with Gasteiger partial charge in [-0.3, -0.25) is 23.9 Å². The third kappa shape index (κ3) is 7.21. The lowest BCUT2D eigenvalue weighted by molar-refractivity contribution is -0.133. The summed E-state index contributed by atoms with van der Waals surface area (Å²) in [5.41, 5.74) is 5.71. The summed E-state index contributed by atoms with van der Waals surface area (Å²) in [5.74, 6) is 0.0592. The second-order valence-corrected chi connectivity index (χ2v) is 9.46. The van der Waals surface area contributed by atoms with Gasteiger partial charge < -0.3 is 20.3 Å². The van der Waals surface area contributed by atoms with Crippen molar-refractivity contribution in [3.05, 3.63) is 50.7 Å². The maximum atomic E-state index is 13.3. The Bertz CT molecular complexity index is 1150. The van der Waals surface area contributed by atoms with Crippen molar-refractivity contribution in [1.29, 1.82) is 0 Å². The van der Waals surface area contributed by atoms with Gasteiger partial charge in [-0.05, 0) is 29.9 Å². The predicted octanol–water partition coefficient (Wildman–Crippen LogP) is 1.86. The minimum Gasteiger partial charge on any atom is -0.496 e. The molecule has 0 aliphatic rings. The number of nitrogen functional groups attached to an aromatic ring is 1. The number of H-pyrrole nitrogens is 1. The number of likely N-dealkylation sites (N-methyl/N-ethyl adjacent to an activating group) is 1. The molecule has 0 aliphatic carbocycles. The Morgan fingerprint density at radius 3 is 2.34 bits per heavy atom. The van der Waals surface area contributed by atoms with E-state index in [-0.39, 0.29) is 48.8 Å². The quantitative estimate of drug-likeness (QED) is 0.497. The number of anilines is 2. The Hall–Kier alpha value is -3.56. The largest absolute Gasteiger partial charge is 0.496 e. The molecule has 0 spiro atoms. The Kier molecular flexibility index (Phi) is 9.68. The molecule has 0 unspecified atom stereocenters. The lowest BCUT2D eigenvalue weighted by atomic mass is 10.1. The number of hydrogen-bond acceptors (Lipinski definition) is 6. The summed E-state index contributed by atoms with van der Waals surface area (Å²) >= 11 is 0. The van der Waals surface area contributed by atoms with Gasteiger partial charge in [0.25, 0.3) is 5.56 Å². The number of nitrogens with zero attached hydrogens (tertiary/aromatic N) is 3. The van der Waals surface area contributed by atoms with Crippen LogP contribution in [0.4, 0.5) is 11.5 Å². The summed E-state index contributed by atoms with van der Waals surface area (Å²) in [4.78, 5) is 56.0. The molecule has 0 saturated heterocycles. The lowest BCUT2D eigenvalue weighted by Crippen LogP contribution is -2.47. The highest BCUT2D eigenvalue weighted by molar-refractivity contribution is 5.98. The molecule has 3 N–H and O–H groups in total. The fourth-order valence-corrected chi connectivity index (χ4v) is 3.79. The van der Waals surface area contributed by atoms with Crippen molar-refractivity contribution in [2.75, 3.05) is 37.9 Å². The van der Waals surface area contributed by atoms with E-state index in [0.717, 1.165) is 5.56 Å². The monoisotopic (exact) mass is 487 g/mol. The zero-order chi connectivity index (χ0) is 26.3. The van der Waals surface area contributed by atoms with Gasteiger partial charge in [0.15, 0.2) is 5.69 Å². The van der Waals surface area contributed by atoms with Crippen LogP contribution in [0.3, 0.4) is 0 Å². The van der Waals surface area contributed by atoms with Crippen molar-refractivity contribution in [2.45, 2.75) is 47.1 Å². The molecule has 0 radical (unpaired) electrons. The van der Waals surface area contributed by atoms with Gasteiger partial charge in [-0.25, -0.2) is 4.79 Å². The van der Waals surface area contributed by atoms with E-state index >= 15 is 0 Å². The Balaban J connectivity index is 2.25. The van der Waals surface area contributed by atoms with Gasteiger partial charge in [0, 0.05) is 26.6 Å².